The number of sulfonamides is 1. The topological polar surface area (TPSA) is 110 Å². The van der Waals surface area contributed by atoms with Gasteiger partial charge in [0.1, 0.15) is 5.56 Å². The van der Waals surface area contributed by atoms with Gasteiger partial charge in [-0.05, 0) is 42.8 Å². The lowest BCUT2D eigenvalue weighted by Crippen LogP contribution is -2.25. The Kier molecular flexibility index (Phi) is 4.84. The first-order valence-corrected chi connectivity index (χ1v) is 9.62. The second kappa shape index (κ2) is 6.93. The zero-order chi connectivity index (χ0) is 18.9. The summed E-state index contributed by atoms with van der Waals surface area (Å²) < 4.78 is 25.2. The zero-order valence-electron chi connectivity index (χ0n) is 13.4. The smallest absolute Gasteiger partial charge is 0.282 e. The number of nitro groups is 1. The Morgan fingerprint density at radius 2 is 1.88 bits per heavy atom. The van der Waals surface area contributed by atoms with Crippen LogP contribution in [-0.2, 0) is 10.0 Å². The molecule has 1 N–H and O–H groups in total. The maximum Gasteiger partial charge on any atom is 0.282 e. The van der Waals surface area contributed by atoms with E-state index in [1.54, 1.807) is 12.1 Å². The lowest BCUT2D eigenvalue weighted by molar-refractivity contribution is -0.385. The number of carbonyl (C=O) groups excluding carboxylic acids is 1. The highest BCUT2D eigenvalue weighted by atomic mass is 35.5. The van der Waals surface area contributed by atoms with Gasteiger partial charge in [-0.15, -0.1) is 0 Å². The van der Waals surface area contributed by atoms with Crippen molar-refractivity contribution in [2.24, 2.45) is 0 Å². The van der Waals surface area contributed by atoms with Crippen molar-refractivity contribution in [2.75, 3.05) is 21.9 Å². The zero-order valence-corrected chi connectivity index (χ0v) is 15.0. The SMILES string of the molecule is O=C(Nc1ccc(N2CCCS2(=O)=O)cc1)c1cc(Cl)ccc1[N+](=O)[O-]. The molecule has 1 aliphatic rings. The number of nitrogens with one attached hydrogen (secondary N) is 1. The number of nitro benzene ring substituents is 1. The summed E-state index contributed by atoms with van der Waals surface area (Å²) in [7, 11) is -3.28. The van der Waals surface area contributed by atoms with Gasteiger partial charge in [-0.2, -0.15) is 0 Å². The molecule has 1 aliphatic heterocycles. The molecule has 0 aromatic heterocycles. The van der Waals surface area contributed by atoms with Gasteiger partial charge in [-0.1, -0.05) is 11.6 Å². The number of rotatable bonds is 4. The van der Waals surface area contributed by atoms with Crippen LogP contribution in [0, 0.1) is 10.1 Å². The van der Waals surface area contributed by atoms with Crippen LogP contribution in [0.25, 0.3) is 0 Å². The fourth-order valence-electron chi connectivity index (χ4n) is 2.69. The summed E-state index contributed by atoms with van der Waals surface area (Å²) in [5.74, 6) is -0.565. The van der Waals surface area contributed by atoms with Crippen LogP contribution in [0.2, 0.25) is 5.02 Å². The van der Waals surface area contributed by atoms with Crippen LogP contribution < -0.4 is 9.62 Å². The Morgan fingerprint density at radius 3 is 2.46 bits per heavy atom. The number of amides is 1. The van der Waals surface area contributed by atoms with E-state index in [0.717, 1.165) is 0 Å². The van der Waals surface area contributed by atoms with Gasteiger partial charge < -0.3 is 5.32 Å². The summed E-state index contributed by atoms with van der Waals surface area (Å²) in [6.45, 7) is 0.419. The number of anilines is 2. The van der Waals surface area contributed by atoms with Crippen molar-refractivity contribution >= 4 is 44.6 Å². The fourth-order valence-corrected chi connectivity index (χ4v) is 4.42. The molecule has 0 saturated carbocycles. The van der Waals surface area contributed by atoms with Crippen LogP contribution in [0.5, 0.6) is 0 Å². The van der Waals surface area contributed by atoms with E-state index in [2.05, 4.69) is 5.32 Å². The van der Waals surface area contributed by atoms with Gasteiger partial charge >= 0.3 is 0 Å². The molecule has 10 heteroatoms. The predicted molar refractivity (Wildman–Crippen MR) is 98.3 cm³/mol. The van der Waals surface area contributed by atoms with Gasteiger partial charge in [0.15, 0.2) is 0 Å². The molecule has 1 fully saturated rings. The Labute approximate surface area is 154 Å². The van der Waals surface area contributed by atoms with Crippen molar-refractivity contribution in [1.82, 2.24) is 0 Å². The average Bonchev–Trinajstić information content (AvgIpc) is 2.94. The molecule has 0 spiro atoms. The molecule has 0 aliphatic carbocycles. The second-order valence-corrected chi connectivity index (χ2v) is 8.11. The van der Waals surface area contributed by atoms with Crippen LogP contribution in [-0.4, -0.2) is 31.5 Å². The Bertz CT molecular complexity index is 976. The van der Waals surface area contributed by atoms with E-state index in [1.807, 2.05) is 0 Å². The lowest BCUT2D eigenvalue weighted by atomic mass is 10.1. The van der Waals surface area contributed by atoms with E-state index in [0.29, 0.717) is 24.3 Å². The average molecular weight is 396 g/mol. The van der Waals surface area contributed by atoms with Crippen molar-refractivity contribution < 1.29 is 18.1 Å². The van der Waals surface area contributed by atoms with Crippen LogP contribution in [0.4, 0.5) is 17.1 Å². The molecule has 136 valence electrons. The van der Waals surface area contributed by atoms with Gasteiger partial charge in [-0.25, -0.2) is 8.42 Å². The van der Waals surface area contributed by atoms with Crippen molar-refractivity contribution in [3.8, 4) is 0 Å². The highest BCUT2D eigenvalue weighted by Crippen LogP contribution is 2.27. The number of hydrogen-bond acceptors (Lipinski definition) is 5. The molecule has 0 radical (unpaired) electrons. The third-order valence-electron chi connectivity index (χ3n) is 3.91. The standard InChI is InChI=1S/C16H14ClN3O5S/c17-11-2-7-15(20(22)23)14(10-11)16(21)18-12-3-5-13(6-4-12)19-8-1-9-26(19,24)25/h2-7,10H,1,8-9H2,(H,18,21). The molecule has 1 amide bonds. The molecule has 0 atom stereocenters. The van der Waals surface area contributed by atoms with E-state index < -0.39 is 20.9 Å². The van der Waals surface area contributed by atoms with Crippen molar-refractivity contribution in [1.29, 1.82) is 0 Å². The van der Waals surface area contributed by atoms with E-state index in [-0.39, 0.29) is 22.0 Å². The summed E-state index contributed by atoms with van der Waals surface area (Å²) >= 11 is 5.82. The third kappa shape index (κ3) is 3.63. The molecule has 26 heavy (non-hydrogen) atoms. The minimum Gasteiger partial charge on any atom is -0.322 e. The summed E-state index contributed by atoms with van der Waals surface area (Å²) in [5, 5.41) is 13.8. The van der Waals surface area contributed by atoms with E-state index in [9.17, 15) is 23.3 Å². The minimum atomic E-state index is -3.28. The van der Waals surface area contributed by atoms with Gasteiger partial charge in [0.2, 0.25) is 10.0 Å². The van der Waals surface area contributed by atoms with E-state index >= 15 is 0 Å². The molecule has 2 aromatic rings. The Hall–Kier alpha value is -2.65. The maximum absolute atomic E-state index is 12.4. The number of benzene rings is 2. The molecule has 8 nitrogen and oxygen atoms in total. The normalized spacial score (nSPS) is 15.7. The lowest BCUT2D eigenvalue weighted by Gasteiger charge is -2.17. The van der Waals surface area contributed by atoms with Gasteiger partial charge in [-0.3, -0.25) is 19.2 Å². The van der Waals surface area contributed by atoms with Crippen LogP contribution in [0.15, 0.2) is 42.5 Å². The highest BCUT2D eigenvalue weighted by molar-refractivity contribution is 7.93. The molecular formula is C16H14ClN3O5S. The first kappa shape index (κ1) is 18.2. The molecule has 0 unspecified atom stereocenters. The van der Waals surface area contributed by atoms with Gasteiger partial charge in [0.25, 0.3) is 11.6 Å². The van der Waals surface area contributed by atoms with E-state index in [4.69, 9.17) is 11.6 Å². The first-order valence-electron chi connectivity index (χ1n) is 7.64. The summed E-state index contributed by atoms with van der Waals surface area (Å²) in [5.41, 5.74) is 0.374. The number of carbonyl (C=O) groups is 1. The van der Waals surface area contributed by atoms with Gasteiger partial charge in [0, 0.05) is 23.3 Å². The number of nitrogens with zero attached hydrogens (tertiary/aromatic N) is 2. The van der Waals surface area contributed by atoms with Crippen molar-refractivity contribution in [2.45, 2.75) is 6.42 Å². The number of hydrogen-bond donors (Lipinski definition) is 1. The van der Waals surface area contributed by atoms with E-state index in [1.165, 1.54) is 34.6 Å². The highest BCUT2D eigenvalue weighted by Gasteiger charge is 2.28. The third-order valence-corrected chi connectivity index (χ3v) is 6.02. The summed E-state index contributed by atoms with van der Waals surface area (Å²) in [4.78, 5) is 22.8. The second-order valence-electron chi connectivity index (χ2n) is 5.66. The largest absolute Gasteiger partial charge is 0.322 e. The first-order chi connectivity index (χ1) is 12.3. The summed E-state index contributed by atoms with van der Waals surface area (Å²) in [6, 6.07) is 9.95. The molecular weight excluding hydrogens is 382 g/mol. The molecule has 0 bridgehead atoms. The molecule has 1 saturated heterocycles. The Morgan fingerprint density at radius 1 is 1.19 bits per heavy atom. The van der Waals surface area contributed by atoms with Crippen molar-refractivity contribution in [3.05, 3.63) is 63.2 Å². The monoisotopic (exact) mass is 395 g/mol. The van der Waals surface area contributed by atoms with Crippen molar-refractivity contribution in [3.63, 3.8) is 0 Å². The number of halogens is 1. The fraction of sp³-hybridized carbons (Fsp3) is 0.188. The minimum absolute atomic E-state index is 0.115. The quantitative estimate of drug-likeness (QED) is 0.632. The van der Waals surface area contributed by atoms with Crippen LogP contribution in [0.1, 0.15) is 16.8 Å². The molecule has 2 aromatic carbocycles. The molecule has 3 rings (SSSR count). The van der Waals surface area contributed by atoms with Gasteiger partial charge in [0.05, 0.1) is 16.4 Å². The maximum atomic E-state index is 12.4. The Balaban J connectivity index is 1.81. The predicted octanol–water partition coefficient (Wildman–Crippen LogP) is 3.04. The van der Waals surface area contributed by atoms with Crippen LogP contribution in [0.3, 0.4) is 0 Å². The van der Waals surface area contributed by atoms with Crippen LogP contribution >= 0.6 is 11.6 Å². The summed E-state index contributed by atoms with van der Waals surface area (Å²) in [6.07, 6.45) is 0.569. The molecule has 1 heterocycles.